The van der Waals surface area contributed by atoms with Crippen molar-refractivity contribution in [2.75, 3.05) is 34.0 Å². The zero-order valence-electron chi connectivity index (χ0n) is 12.9. The predicted octanol–water partition coefficient (Wildman–Crippen LogP) is 1.98. The van der Waals surface area contributed by atoms with E-state index in [1.165, 1.54) is 12.8 Å². The molecule has 2 heterocycles. The molecule has 2 aliphatic heterocycles. The third kappa shape index (κ3) is 3.03. The fourth-order valence-corrected chi connectivity index (χ4v) is 4.19. The molecule has 0 bridgehead atoms. The second kappa shape index (κ2) is 6.30. The summed E-state index contributed by atoms with van der Waals surface area (Å²) in [6, 6.07) is 0.469. The van der Waals surface area contributed by atoms with Crippen LogP contribution in [0.5, 0.6) is 0 Å². The fraction of sp³-hybridized carbons (Fsp3) is 1.00. The Labute approximate surface area is 122 Å². The summed E-state index contributed by atoms with van der Waals surface area (Å²) in [6.07, 6.45) is 7.47. The Morgan fingerprint density at radius 1 is 1.10 bits per heavy atom. The third-order valence-electron chi connectivity index (χ3n) is 5.49. The maximum atomic E-state index is 6.17. The Bertz CT molecular complexity index is 307. The molecule has 0 aromatic rings. The van der Waals surface area contributed by atoms with Crippen LogP contribution in [0.3, 0.4) is 0 Å². The van der Waals surface area contributed by atoms with Crippen molar-refractivity contribution in [1.82, 2.24) is 5.32 Å². The highest BCUT2D eigenvalue weighted by atomic mass is 16.5. The van der Waals surface area contributed by atoms with Crippen molar-refractivity contribution in [3.8, 4) is 0 Å². The summed E-state index contributed by atoms with van der Waals surface area (Å²) >= 11 is 0. The van der Waals surface area contributed by atoms with Crippen molar-refractivity contribution >= 4 is 0 Å². The van der Waals surface area contributed by atoms with Crippen LogP contribution in [0, 0.1) is 11.8 Å². The molecule has 1 spiro atoms. The second-order valence-corrected chi connectivity index (χ2v) is 6.75. The number of nitrogens with one attached hydrogen (secondary N) is 1. The topological polar surface area (TPSA) is 39.7 Å². The van der Waals surface area contributed by atoms with Gasteiger partial charge in [0.15, 0.2) is 0 Å². The highest BCUT2D eigenvalue weighted by Gasteiger charge is 2.45. The van der Waals surface area contributed by atoms with Gasteiger partial charge in [0.1, 0.15) is 0 Å². The molecule has 2 saturated heterocycles. The average Bonchev–Trinajstić information content (AvgIpc) is 3.30. The van der Waals surface area contributed by atoms with Gasteiger partial charge >= 0.3 is 0 Å². The highest BCUT2D eigenvalue weighted by molar-refractivity contribution is 4.98. The van der Waals surface area contributed by atoms with Gasteiger partial charge in [-0.25, -0.2) is 0 Å². The summed E-state index contributed by atoms with van der Waals surface area (Å²) in [5.74, 6) is 1.43. The molecule has 3 rings (SSSR count). The minimum Gasteiger partial charge on any atom is -0.381 e. The monoisotopic (exact) mass is 283 g/mol. The van der Waals surface area contributed by atoms with E-state index in [-0.39, 0.29) is 5.60 Å². The maximum Gasteiger partial charge on any atom is 0.0754 e. The Balaban J connectivity index is 1.67. The molecule has 1 aliphatic carbocycles. The van der Waals surface area contributed by atoms with E-state index in [9.17, 15) is 0 Å². The third-order valence-corrected chi connectivity index (χ3v) is 5.49. The first-order valence-electron chi connectivity index (χ1n) is 8.20. The van der Waals surface area contributed by atoms with E-state index in [2.05, 4.69) is 12.4 Å². The Morgan fingerprint density at radius 3 is 2.45 bits per heavy atom. The summed E-state index contributed by atoms with van der Waals surface area (Å²) in [6.45, 7) is 2.60. The molecule has 4 nitrogen and oxygen atoms in total. The minimum atomic E-state index is 0.0815. The van der Waals surface area contributed by atoms with Gasteiger partial charge in [0.25, 0.3) is 0 Å². The molecule has 20 heavy (non-hydrogen) atoms. The van der Waals surface area contributed by atoms with Crippen molar-refractivity contribution in [2.45, 2.75) is 56.3 Å². The van der Waals surface area contributed by atoms with Crippen LogP contribution in [0.15, 0.2) is 0 Å². The van der Waals surface area contributed by atoms with Crippen LogP contribution in [0.2, 0.25) is 0 Å². The molecule has 3 aliphatic rings. The van der Waals surface area contributed by atoms with E-state index in [4.69, 9.17) is 14.2 Å². The van der Waals surface area contributed by atoms with Crippen LogP contribution >= 0.6 is 0 Å². The normalized spacial score (nSPS) is 33.0. The maximum absolute atomic E-state index is 6.17. The SMILES string of the molecule is CNC(C1CCOC2(CCOCC2)C1)C(OC)C1CC1. The summed E-state index contributed by atoms with van der Waals surface area (Å²) in [7, 11) is 3.96. The quantitative estimate of drug-likeness (QED) is 0.837. The van der Waals surface area contributed by atoms with E-state index < -0.39 is 0 Å². The van der Waals surface area contributed by atoms with Gasteiger partial charge in [0, 0.05) is 33.0 Å². The lowest BCUT2D eigenvalue weighted by atomic mass is 9.76. The number of hydrogen-bond acceptors (Lipinski definition) is 4. The lowest BCUT2D eigenvalue weighted by Gasteiger charge is -2.46. The zero-order chi connectivity index (χ0) is 14.0. The molecule has 3 atom stereocenters. The summed E-state index contributed by atoms with van der Waals surface area (Å²) in [4.78, 5) is 0. The van der Waals surface area contributed by atoms with Gasteiger partial charge in [-0.2, -0.15) is 0 Å². The average molecular weight is 283 g/mol. The molecule has 0 aromatic carbocycles. The number of methoxy groups -OCH3 is 1. The van der Waals surface area contributed by atoms with Gasteiger partial charge in [-0.1, -0.05) is 0 Å². The van der Waals surface area contributed by atoms with Crippen molar-refractivity contribution in [2.24, 2.45) is 11.8 Å². The molecule has 0 aromatic heterocycles. The number of rotatable bonds is 5. The largest absolute Gasteiger partial charge is 0.381 e. The van der Waals surface area contributed by atoms with E-state index in [0.29, 0.717) is 18.1 Å². The smallest absolute Gasteiger partial charge is 0.0754 e. The van der Waals surface area contributed by atoms with Crippen LogP contribution in [-0.2, 0) is 14.2 Å². The molecular weight excluding hydrogens is 254 g/mol. The first kappa shape index (κ1) is 14.8. The van der Waals surface area contributed by atoms with E-state index in [1.807, 2.05) is 7.11 Å². The Morgan fingerprint density at radius 2 is 1.85 bits per heavy atom. The van der Waals surface area contributed by atoms with Crippen LogP contribution in [0.4, 0.5) is 0 Å². The Hall–Kier alpha value is -0.160. The van der Waals surface area contributed by atoms with Crippen LogP contribution in [0.1, 0.15) is 38.5 Å². The van der Waals surface area contributed by atoms with E-state index in [1.54, 1.807) is 0 Å². The molecule has 3 fully saturated rings. The van der Waals surface area contributed by atoms with Gasteiger partial charge < -0.3 is 19.5 Å². The molecule has 3 unspecified atom stereocenters. The standard InChI is InChI=1S/C16H29NO3/c1-17-14(15(18-2)12-3-4-12)13-5-8-20-16(11-13)6-9-19-10-7-16/h12-15,17H,3-11H2,1-2H3. The van der Waals surface area contributed by atoms with Gasteiger partial charge in [0.2, 0.25) is 0 Å². The van der Waals surface area contributed by atoms with Crippen LogP contribution < -0.4 is 5.32 Å². The van der Waals surface area contributed by atoms with Crippen molar-refractivity contribution in [1.29, 1.82) is 0 Å². The van der Waals surface area contributed by atoms with Crippen molar-refractivity contribution in [3.63, 3.8) is 0 Å². The fourth-order valence-electron chi connectivity index (χ4n) is 4.19. The summed E-state index contributed by atoms with van der Waals surface area (Å²) < 4.78 is 17.5. The lowest BCUT2D eigenvalue weighted by molar-refractivity contribution is -0.154. The van der Waals surface area contributed by atoms with Gasteiger partial charge in [-0.3, -0.25) is 0 Å². The van der Waals surface area contributed by atoms with Crippen molar-refractivity contribution in [3.05, 3.63) is 0 Å². The van der Waals surface area contributed by atoms with E-state index in [0.717, 1.165) is 51.4 Å². The molecule has 1 saturated carbocycles. The first-order chi connectivity index (χ1) is 9.78. The minimum absolute atomic E-state index is 0.0815. The highest BCUT2D eigenvalue weighted by Crippen LogP contribution is 2.42. The first-order valence-corrected chi connectivity index (χ1v) is 8.20. The molecule has 4 heteroatoms. The molecule has 116 valence electrons. The van der Waals surface area contributed by atoms with E-state index >= 15 is 0 Å². The van der Waals surface area contributed by atoms with Crippen molar-refractivity contribution < 1.29 is 14.2 Å². The molecule has 0 amide bonds. The predicted molar refractivity (Wildman–Crippen MR) is 77.8 cm³/mol. The molecule has 0 radical (unpaired) electrons. The number of ether oxygens (including phenoxy) is 3. The lowest BCUT2D eigenvalue weighted by Crippen LogP contribution is -2.53. The van der Waals surface area contributed by atoms with Gasteiger partial charge in [-0.05, 0) is 57.4 Å². The number of hydrogen-bond donors (Lipinski definition) is 1. The summed E-state index contributed by atoms with van der Waals surface area (Å²) in [5.41, 5.74) is 0.0815. The number of likely N-dealkylation sites (N-methyl/N-ethyl adjacent to an activating group) is 1. The summed E-state index contributed by atoms with van der Waals surface area (Å²) in [5, 5.41) is 3.55. The zero-order valence-corrected chi connectivity index (χ0v) is 12.9. The molecule has 1 N–H and O–H groups in total. The van der Waals surface area contributed by atoms with Crippen LogP contribution in [-0.4, -0.2) is 51.7 Å². The van der Waals surface area contributed by atoms with Gasteiger partial charge in [-0.15, -0.1) is 0 Å². The molecular formula is C16H29NO3. The second-order valence-electron chi connectivity index (χ2n) is 6.75. The Kier molecular flexibility index (Phi) is 4.65. The van der Waals surface area contributed by atoms with Crippen LogP contribution in [0.25, 0.3) is 0 Å². The van der Waals surface area contributed by atoms with Gasteiger partial charge in [0.05, 0.1) is 11.7 Å².